The van der Waals surface area contributed by atoms with Crippen molar-refractivity contribution in [1.29, 1.82) is 0 Å². The van der Waals surface area contributed by atoms with Gasteiger partial charge in [0.15, 0.2) is 0 Å². The Morgan fingerprint density at radius 3 is 2.60 bits per heavy atom. The molecule has 1 aromatic carbocycles. The minimum absolute atomic E-state index is 0.228. The van der Waals surface area contributed by atoms with Crippen LogP contribution in [0.4, 0.5) is 0 Å². The summed E-state index contributed by atoms with van der Waals surface area (Å²) in [6.45, 7) is 0.722. The van der Waals surface area contributed by atoms with Gasteiger partial charge in [0.2, 0.25) is 0 Å². The summed E-state index contributed by atoms with van der Waals surface area (Å²) in [5.41, 5.74) is 2.15. The Labute approximate surface area is 125 Å². The van der Waals surface area contributed by atoms with Gasteiger partial charge in [0.25, 0.3) is 5.56 Å². The lowest BCUT2D eigenvalue weighted by Gasteiger charge is -2.10. The van der Waals surface area contributed by atoms with Gasteiger partial charge in [0.1, 0.15) is 10.3 Å². The number of aromatic amines is 1. The molecule has 2 aromatic rings. The zero-order valence-corrected chi connectivity index (χ0v) is 12.9. The van der Waals surface area contributed by atoms with Crippen molar-refractivity contribution in [2.45, 2.75) is 13.2 Å². The number of nitrogens with zero attached hydrogens (tertiary/aromatic N) is 1. The van der Waals surface area contributed by atoms with E-state index in [9.17, 15) is 4.79 Å². The van der Waals surface area contributed by atoms with Crippen LogP contribution in [-0.2, 0) is 22.7 Å². The van der Waals surface area contributed by atoms with Crippen LogP contribution in [0.1, 0.15) is 11.3 Å². The van der Waals surface area contributed by atoms with Crippen LogP contribution in [0.25, 0.3) is 11.4 Å². The molecule has 0 spiro atoms. The van der Waals surface area contributed by atoms with Crippen molar-refractivity contribution < 1.29 is 9.47 Å². The molecule has 0 atom stereocenters. The zero-order valence-electron chi connectivity index (χ0n) is 11.3. The summed E-state index contributed by atoms with van der Waals surface area (Å²) in [6, 6.07) is 7.66. The lowest BCUT2D eigenvalue weighted by atomic mass is 10.1. The maximum absolute atomic E-state index is 11.9. The van der Waals surface area contributed by atoms with Crippen LogP contribution in [0, 0.1) is 0 Å². The van der Waals surface area contributed by atoms with Crippen molar-refractivity contribution in [2.75, 3.05) is 14.2 Å². The maximum Gasteiger partial charge on any atom is 0.265 e. The average molecular weight is 339 g/mol. The molecule has 0 fully saturated rings. The quantitative estimate of drug-likeness (QED) is 0.909. The summed E-state index contributed by atoms with van der Waals surface area (Å²) in [7, 11) is 3.19. The predicted molar refractivity (Wildman–Crippen MR) is 79.4 cm³/mol. The molecule has 20 heavy (non-hydrogen) atoms. The van der Waals surface area contributed by atoms with Gasteiger partial charge in [-0.05, 0) is 21.5 Å². The second-order valence-corrected chi connectivity index (χ2v) is 4.99. The van der Waals surface area contributed by atoms with Gasteiger partial charge in [-0.15, -0.1) is 0 Å². The van der Waals surface area contributed by atoms with E-state index in [4.69, 9.17) is 9.47 Å². The summed E-state index contributed by atoms with van der Waals surface area (Å²) in [4.78, 5) is 19.2. The van der Waals surface area contributed by atoms with Gasteiger partial charge in [-0.1, -0.05) is 24.3 Å². The molecule has 106 valence electrons. The molecule has 0 aliphatic carbocycles. The number of rotatable bonds is 5. The van der Waals surface area contributed by atoms with E-state index in [1.807, 2.05) is 24.3 Å². The van der Waals surface area contributed by atoms with E-state index in [2.05, 4.69) is 25.9 Å². The van der Waals surface area contributed by atoms with E-state index in [1.165, 1.54) is 0 Å². The molecule has 0 amide bonds. The standard InChI is InChI=1S/C14H15BrN2O3/c1-19-7-9-5-3-4-6-10(9)13-16-11(8-20-2)12(15)14(18)17-13/h3-6H,7-8H2,1-2H3,(H,16,17,18). The Bertz CT molecular complexity index is 655. The van der Waals surface area contributed by atoms with E-state index in [0.717, 1.165) is 11.1 Å². The molecule has 5 nitrogen and oxygen atoms in total. The van der Waals surface area contributed by atoms with Crippen molar-refractivity contribution >= 4 is 15.9 Å². The van der Waals surface area contributed by atoms with Crippen LogP contribution in [-0.4, -0.2) is 24.2 Å². The number of benzene rings is 1. The van der Waals surface area contributed by atoms with Crippen LogP contribution < -0.4 is 5.56 Å². The Hall–Kier alpha value is -1.50. The molecule has 1 heterocycles. The van der Waals surface area contributed by atoms with Crippen molar-refractivity contribution in [3.05, 3.63) is 50.3 Å². The molecule has 0 unspecified atom stereocenters. The third-order valence-corrected chi connectivity index (χ3v) is 3.60. The van der Waals surface area contributed by atoms with Crippen LogP contribution >= 0.6 is 15.9 Å². The number of nitrogens with one attached hydrogen (secondary N) is 1. The summed E-state index contributed by atoms with van der Waals surface area (Å²) < 4.78 is 10.6. The molecular formula is C14H15BrN2O3. The molecule has 0 saturated carbocycles. The van der Waals surface area contributed by atoms with Gasteiger partial charge in [0.05, 0.1) is 18.9 Å². The minimum atomic E-state index is -0.228. The first-order valence-electron chi connectivity index (χ1n) is 6.02. The first kappa shape index (κ1) is 14.9. The van der Waals surface area contributed by atoms with E-state index in [1.54, 1.807) is 14.2 Å². The fraction of sp³-hybridized carbons (Fsp3) is 0.286. The molecule has 0 radical (unpaired) electrons. The Morgan fingerprint density at radius 1 is 1.20 bits per heavy atom. The zero-order chi connectivity index (χ0) is 14.5. The number of ether oxygens (including phenoxy) is 2. The lowest BCUT2D eigenvalue weighted by Crippen LogP contribution is -2.14. The van der Waals surface area contributed by atoms with Crippen LogP contribution in [0.15, 0.2) is 33.5 Å². The number of methoxy groups -OCH3 is 2. The van der Waals surface area contributed by atoms with Gasteiger partial charge in [-0.25, -0.2) is 4.98 Å². The summed E-state index contributed by atoms with van der Waals surface area (Å²) in [5, 5.41) is 0. The molecule has 6 heteroatoms. The van der Waals surface area contributed by atoms with Crippen LogP contribution in [0.5, 0.6) is 0 Å². The molecule has 0 saturated heterocycles. The summed E-state index contributed by atoms with van der Waals surface area (Å²) >= 11 is 3.23. The lowest BCUT2D eigenvalue weighted by molar-refractivity contribution is 0.180. The van der Waals surface area contributed by atoms with E-state index in [-0.39, 0.29) is 12.2 Å². The third kappa shape index (κ3) is 3.15. The average Bonchev–Trinajstić information content (AvgIpc) is 2.45. The number of halogens is 1. The molecule has 0 aliphatic heterocycles. The molecule has 0 aliphatic rings. The predicted octanol–water partition coefficient (Wildman–Crippen LogP) is 2.49. The first-order chi connectivity index (χ1) is 9.67. The molecule has 2 rings (SSSR count). The highest BCUT2D eigenvalue weighted by Gasteiger charge is 2.12. The smallest absolute Gasteiger partial charge is 0.265 e. The van der Waals surface area contributed by atoms with E-state index in [0.29, 0.717) is 22.6 Å². The van der Waals surface area contributed by atoms with Crippen molar-refractivity contribution in [3.8, 4) is 11.4 Å². The highest BCUT2D eigenvalue weighted by atomic mass is 79.9. The fourth-order valence-corrected chi connectivity index (χ4v) is 2.20. The Balaban J connectivity index is 2.55. The second-order valence-electron chi connectivity index (χ2n) is 4.20. The minimum Gasteiger partial charge on any atom is -0.380 e. The number of aromatic nitrogens is 2. The van der Waals surface area contributed by atoms with E-state index >= 15 is 0 Å². The number of H-pyrrole nitrogens is 1. The molecule has 1 N–H and O–H groups in total. The van der Waals surface area contributed by atoms with Crippen LogP contribution in [0.3, 0.4) is 0 Å². The topological polar surface area (TPSA) is 64.2 Å². The highest BCUT2D eigenvalue weighted by Crippen LogP contribution is 2.22. The maximum atomic E-state index is 11.9. The third-order valence-electron chi connectivity index (χ3n) is 2.78. The van der Waals surface area contributed by atoms with Gasteiger partial charge in [0, 0.05) is 19.8 Å². The second kappa shape index (κ2) is 6.78. The van der Waals surface area contributed by atoms with Gasteiger partial charge >= 0.3 is 0 Å². The Kier molecular flexibility index (Phi) is 5.05. The fourth-order valence-electron chi connectivity index (χ4n) is 1.90. The van der Waals surface area contributed by atoms with Crippen LogP contribution in [0.2, 0.25) is 0 Å². The Morgan fingerprint density at radius 2 is 1.90 bits per heavy atom. The molecular weight excluding hydrogens is 324 g/mol. The first-order valence-corrected chi connectivity index (χ1v) is 6.81. The van der Waals surface area contributed by atoms with Gasteiger partial charge in [-0.2, -0.15) is 0 Å². The largest absolute Gasteiger partial charge is 0.380 e. The van der Waals surface area contributed by atoms with E-state index < -0.39 is 0 Å². The number of hydrogen-bond acceptors (Lipinski definition) is 4. The molecule has 1 aromatic heterocycles. The monoisotopic (exact) mass is 338 g/mol. The van der Waals surface area contributed by atoms with Crippen molar-refractivity contribution in [1.82, 2.24) is 9.97 Å². The highest BCUT2D eigenvalue weighted by molar-refractivity contribution is 9.10. The number of hydrogen-bond donors (Lipinski definition) is 1. The van der Waals surface area contributed by atoms with Crippen molar-refractivity contribution in [2.24, 2.45) is 0 Å². The van der Waals surface area contributed by atoms with Gasteiger partial charge < -0.3 is 14.5 Å². The molecule has 0 bridgehead atoms. The summed E-state index contributed by atoms with van der Waals surface area (Å²) in [6.07, 6.45) is 0. The normalized spacial score (nSPS) is 10.8. The SMILES string of the molecule is COCc1ccccc1-c1nc(COC)c(Br)c(=O)[nH]1. The summed E-state index contributed by atoms with van der Waals surface area (Å²) in [5.74, 6) is 0.512. The van der Waals surface area contributed by atoms with Crippen molar-refractivity contribution in [3.63, 3.8) is 0 Å². The van der Waals surface area contributed by atoms with Gasteiger partial charge in [-0.3, -0.25) is 4.79 Å².